The van der Waals surface area contributed by atoms with Crippen LogP contribution in [0.2, 0.25) is 0 Å². The SMILES string of the molecule is C=C(CC)CC(CC(C)OC(=O)c1ccccc1)OC(=O)c1ccccc1.C=CC(CC)C(CC(C)OC(=O)c1ccccc1)OC(=O)c1ccccc1.C=CCC(CC)(CC(C)OC(=O)c1ccccc1)OC(=O)c1ccccc1.C=CCC(O)C(CCC)C(C)O.C=CCC(OC(=O)c1ccccc1)C(CC)C(C)OC(=O)c1ccccc1. The molecule has 8 aromatic rings. The first-order chi connectivity index (χ1) is 57.7. The highest BCUT2D eigenvalue weighted by Crippen LogP contribution is 2.32. The van der Waals surface area contributed by atoms with Crippen molar-refractivity contribution in [3.05, 3.63) is 350 Å². The Hall–Kier alpha value is -11.9. The number of aliphatic hydroxyl groups excluding tert-OH is 2. The number of benzene rings is 8. The van der Waals surface area contributed by atoms with Crippen molar-refractivity contribution in [2.45, 2.75) is 213 Å². The van der Waals surface area contributed by atoms with Gasteiger partial charge in [-0.1, -0.05) is 223 Å². The van der Waals surface area contributed by atoms with E-state index >= 15 is 0 Å². The third kappa shape index (κ3) is 37.0. The maximum Gasteiger partial charge on any atom is 0.338 e. The van der Waals surface area contributed by atoms with Crippen molar-refractivity contribution in [1.29, 1.82) is 0 Å². The van der Waals surface area contributed by atoms with Gasteiger partial charge in [-0.3, -0.25) is 0 Å². The molecule has 0 spiro atoms. The third-order valence-corrected chi connectivity index (χ3v) is 19.7. The highest BCUT2D eigenvalue weighted by Gasteiger charge is 2.36. The first-order valence-electron chi connectivity index (χ1n) is 41.3. The number of hydrogen-bond donors (Lipinski definition) is 2. The first kappa shape index (κ1) is 100. The molecule has 0 aromatic heterocycles. The molecule has 18 heteroatoms. The zero-order chi connectivity index (χ0) is 88.2. The molecular formula is C102H124O18. The van der Waals surface area contributed by atoms with Gasteiger partial charge < -0.3 is 48.1 Å². The molecule has 120 heavy (non-hydrogen) atoms. The van der Waals surface area contributed by atoms with Gasteiger partial charge >= 0.3 is 47.8 Å². The summed E-state index contributed by atoms with van der Waals surface area (Å²) in [6.45, 7) is 38.0. The van der Waals surface area contributed by atoms with Crippen LogP contribution in [0.1, 0.15) is 236 Å². The largest absolute Gasteiger partial charge is 0.459 e. The molecule has 8 rings (SSSR count). The lowest BCUT2D eigenvalue weighted by Crippen LogP contribution is -2.38. The molecule has 0 aliphatic heterocycles. The monoisotopic (exact) mass is 1640 g/mol. The Balaban J connectivity index is 0.000000321. The molecule has 2 N–H and O–H groups in total. The van der Waals surface area contributed by atoms with Crippen molar-refractivity contribution in [2.75, 3.05) is 0 Å². The lowest BCUT2D eigenvalue weighted by atomic mass is 9.89. The topological polar surface area (TPSA) is 251 Å². The molecule has 0 radical (unpaired) electrons. The van der Waals surface area contributed by atoms with Gasteiger partial charge in [-0.05, 0) is 170 Å². The fourth-order valence-electron chi connectivity index (χ4n) is 13.0. The van der Waals surface area contributed by atoms with E-state index in [4.69, 9.17) is 37.9 Å². The Labute approximate surface area is 711 Å². The molecule has 640 valence electrons. The van der Waals surface area contributed by atoms with Crippen LogP contribution in [-0.2, 0) is 37.9 Å². The second kappa shape index (κ2) is 56.5. The maximum absolute atomic E-state index is 12.6. The van der Waals surface area contributed by atoms with Gasteiger partial charge in [0.1, 0.15) is 48.3 Å². The van der Waals surface area contributed by atoms with Gasteiger partial charge in [0.2, 0.25) is 0 Å². The predicted molar refractivity (Wildman–Crippen MR) is 473 cm³/mol. The van der Waals surface area contributed by atoms with E-state index in [1.165, 1.54) is 0 Å². The second-order valence-corrected chi connectivity index (χ2v) is 29.2. The zero-order valence-corrected chi connectivity index (χ0v) is 71.5. The van der Waals surface area contributed by atoms with Gasteiger partial charge in [-0.2, -0.15) is 0 Å². The summed E-state index contributed by atoms with van der Waals surface area (Å²) in [5, 5.41) is 18.9. The van der Waals surface area contributed by atoms with Crippen LogP contribution in [0.5, 0.6) is 0 Å². The molecule has 0 heterocycles. The Kier molecular flexibility index (Phi) is 47.3. The fraction of sp³-hybridized carbons (Fsp3) is 0.353. The average Bonchev–Trinajstić information content (AvgIpc) is 0.850. The molecule has 0 aliphatic rings. The van der Waals surface area contributed by atoms with Crippen LogP contribution in [0.25, 0.3) is 0 Å². The van der Waals surface area contributed by atoms with Crippen molar-refractivity contribution in [3.8, 4) is 0 Å². The molecule has 0 fully saturated rings. The van der Waals surface area contributed by atoms with E-state index in [1.807, 2.05) is 90.1 Å². The van der Waals surface area contributed by atoms with E-state index in [0.717, 1.165) is 31.3 Å². The number of ether oxygens (including phenoxy) is 8. The van der Waals surface area contributed by atoms with E-state index in [2.05, 4.69) is 39.8 Å². The summed E-state index contributed by atoms with van der Waals surface area (Å²) in [5.41, 5.74) is 4.20. The van der Waals surface area contributed by atoms with Crippen LogP contribution in [0.3, 0.4) is 0 Å². The minimum atomic E-state index is -0.773. The van der Waals surface area contributed by atoms with Crippen molar-refractivity contribution < 1.29 is 86.5 Å². The van der Waals surface area contributed by atoms with Gasteiger partial charge in [0.25, 0.3) is 0 Å². The van der Waals surface area contributed by atoms with Crippen LogP contribution in [0.15, 0.2) is 305 Å². The molecule has 18 nitrogen and oxygen atoms in total. The Morgan fingerprint density at radius 3 is 1.03 bits per heavy atom. The quantitative estimate of drug-likeness (QED) is 0.0205. The summed E-state index contributed by atoms with van der Waals surface area (Å²) < 4.78 is 45.3. The summed E-state index contributed by atoms with van der Waals surface area (Å²) in [7, 11) is 0. The van der Waals surface area contributed by atoms with Crippen molar-refractivity contribution in [3.63, 3.8) is 0 Å². The highest BCUT2D eigenvalue weighted by atomic mass is 16.6. The first-order valence-corrected chi connectivity index (χ1v) is 41.3. The number of rotatable bonds is 42. The Bertz CT molecular complexity index is 4280. The Morgan fingerprint density at radius 1 is 0.383 bits per heavy atom. The summed E-state index contributed by atoms with van der Waals surface area (Å²) in [5.74, 6) is -3.24. The van der Waals surface area contributed by atoms with Gasteiger partial charge in [-0.25, -0.2) is 38.4 Å². The Morgan fingerprint density at radius 2 is 0.717 bits per heavy atom. The van der Waals surface area contributed by atoms with Gasteiger partial charge in [0.15, 0.2) is 0 Å². The smallest absolute Gasteiger partial charge is 0.338 e. The molecule has 13 atom stereocenters. The second-order valence-electron chi connectivity index (χ2n) is 29.2. The van der Waals surface area contributed by atoms with Crippen molar-refractivity contribution in [2.24, 2.45) is 17.8 Å². The molecule has 0 saturated carbocycles. The van der Waals surface area contributed by atoms with E-state index in [-0.39, 0.29) is 65.5 Å². The number of aliphatic hydroxyl groups is 2. The maximum atomic E-state index is 12.6. The lowest BCUT2D eigenvalue weighted by molar-refractivity contribution is -0.0467. The standard InChI is InChI=1S/4C23H26O4.C10H20O2/c1-4-17(2)15-21(27-23(25)20-13-9-6-10-14-20)16-18(3)26-22(24)19-11-7-5-8-12-19;1-4-18(5-2)21(27-23(25)20-14-10-7-11-15-20)16-17(3)26-22(24)19-12-8-6-9-13-19;1-4-16-23(5-2,27-22(25)20-14-10-7-11-15-20)17-18(3)26-21(24)19-12-8-6-9-13-19;1-4-12-21(27-23(25)19-15-10-7-11-16-19)20(5-2)17(3)26-22(24)18-13-8-6-9-14-18;1-4-6-9(8(3)11)10(12)7-5-2/h5-14,18,21H,2,4,15-16H2,1,3H3;4,6-15,17-18,21H,1,5,16H2,2-3H3;4,6-15,18H,1,5,16-17H2,2-3H3;4,6-11,13-17,20-21H,1,5,12H2,2-3H3;5,8-12H,2,4,6-7H2,1,3H3. The van der Waals surface area contributed by atoms with Gasteiger partial charge in [0, 0.05) is 56.3 Å². The van der Waals surface area contributed by atoms with E-state index in [9.17, 15) is 48.6 Å². The number of carbonyl (C=O) groups excluding carboxylic acids is 8. The normalized spacial score (nSPS) is 14.0. The number of hydrogen-bond acceptors (Lipinski definition) is 18. The third-order valence-electron chi connectivity index (χ3n) is 19.7. The van der Waals surface area contributed by atoms with Crippen molar-refractivity contribution in [1.82, 2.24) is 0 Å². The summed E-state index contributed by atoms with van der Waals surface area (Å²) in [6.07, 6.45) is 11.2. The minimum Gasteiger partial charge on any atom is -0.459 e. The summed E-state index contributed by atoms with van der Waals surface area (Å²) in [4.78, 5) is 98.9. The molecule has 0 amide bonds. The fourth-order valence-corrected chi connectivity index (χ4v) is 13.0. The molecule has 8 aromatic carbocycles. The van der Waals surface area contributed by atoms with Crippen LogP contribution < -0.4 is 0 Å². The molecule has 0 aliphatic carbocycles. The molecule has 13 unspecified atom stereocenters. The van der Waals surface area contributed by atoms with Crippen LogP contribution in [0, 0.1) is 17.8 Å². The molecule has 0 saturated heterocycles. The zero-order valence-electron chi connectivity index (χ0n) is 71.5. The van der Waals surface area contributed by atoms with E-state index in [0.29, 0.717) is 102 Å². The minimum absolute atomic E-state index is 0.00648. The van der Waals surface area contributed by atoms with Gasteiger partial charge in [0.05, 0.1) is 56.7 Å². The summed E-state index contributed by atoms with van der Waals surface area (Å²) >= 11 is 0. The lowest BCUT2D eigenvalue weighted by Gasteiger charge is -2.34. The molecule has 0 bridgehead atoms. The summed E-state index contributed by atoms with van der Waals surface area (Å²) in [6, 6.07) is 70.8. The van der Waals surface area contributed by atoms with Crippen molar-refractivity contribution >= 4 is 47.8 Å². The predicted octanol–water partition coefficient (Wildman–Crippen LogP) is 22.2. The van der Waals surface area contributed by atoms with E-state index < -0.39 is 60.5 Å². The average molecular weight is 1640 g/mol. The van der Waals surface area contributed by atoms with Crippen LogP contribution >= 0.6 is 0 Å². The van der Waals surface area contributed by atoms with Gasteiger partial charge in [-0.15, -0.1) is 26.3 Å². The number of esters is 8. The van der Waals surface area contributed by atoms with Crippen LogP contribution in [0.4, 0.5) is 0 Å². The molecular weight excluding hydrogens is 1510 g/mol. The number of carbonyl (C=O) groups is 8. The van der Waals surface area contributed by atoms with E-state index in [1.54, 1.807) is 239 Å². The highest BCUT2D eigenvalue weighted by molar-refractivity contribution is 5.93. The van der Waals surface area contributed by atoms with Crippen LogP contribution in [-0.4, -0.2) is 119 Å².